The maximum atomic E-state index is 12.3. The van der Waals surface area contributed by atoms with E-state index in [2.05, 4.69) is 0 Å². The van der Waals surface area contributed by atoms with Crippen LogP contribution in [0, 0.1) is 0 Å². The monoisotopic (exact) mass is 258 g/mol. The van der Waals surface area contributed by atoms with Crippen molar-refractivity contribution in [2.75, 3.05) is 0 Å². The molecule has 0 bridgehead atoms. The van der Waals surface area contributed by atoms with Gasteiger partial charge in [-0.25, -0.2) is 4.79 Å². The molecule has 1 heterocycles. The van der Waals surface area contributed by atoms with Gasteiger partial charge in [0.05, 0.1) is 5.69 Å². The Kier molecular flexibility index (Phi) is 4.00. The molecule has 0 aliphatic heterocycles. The van der Waals surface area contributed by atoms with E-state index in [0.29, 0.717) is 18.8 Å². The summed E-state index contributed by atoms with van der Waals surface area (Å²) in [5.74, 6) is 0. The van der Waals surface area contributed by atoms with E-state index in [4.69, 9.17) is 0 Å². The highest BCUT2D eigenvalue weighted by Gasteiger charge is 2.11. The summed E-state index contributed by atoms with van der Waals surface area (Å²) in [4.78, 5) is 24.3. The zero-order valence-electron chi connectivity index (χ0n) is 11.3. The molecule has 0 aliphatic carbocycles. The molecule has 0 N–H and O–H groups in total. The lowest BCUT2D eigenvalue weighted by Crippen LogP contribution is -2.39. The SMILES string of the molecule is CCCn1c(-c2ccccc2)cc(=O)n(CC)c1=O. The number of rotatable bonds is 4. The van der Waals surface area contributed by atoms with E-state index in [9.17, 15) is 9.59 Å². The predicted octanol–water partition coefficient (Wildman–Crippen LogP) is 2.11. The molecule has 19 heavy (non-hydrogen) atoms. The molecule has 2 aromatic rings. The van der Waals surface area contributed by atoms with Crippen LogP contribution in [0.3, 0.4) is 0 Å². The van der Waals surface area contributed by atoms with Gasteiger partial charge in [0, 0.05) is 19.2 Å². The first-order valence-corrected chi connectivity index (χ1v) is 6.59. The van der Waals surface area contributed by atoms with E-state index in [1.54, 1.807) is 17.6 Å². The maximum Gasteiger partial charge on any atom is 0.331 e. The van der Waals surface area contributed by atoms with Crippen molar-refractivity contribution in [3.8, 4) is 11.3 Å². The predicted molar refractivity (Wildman–Crippen MR) is 76.4 cm³/mol. The second-order valence-electron chi connectivity index (χ2n) is 4.41. The molecule has 0 radical (unpaired) electrons. The lowest BCUT2D eigenvalue weighted by Gasteiger charge is -2.14. The van der Waals surface area contributed by atoms with Gasteiger partial charge in [0.15, 0.2) is 0 Å². The minimum absolute atomic E-state index is 0.226. The average Bonchev–Trinajstić information content (AvgIpc) is 2.43. The quantitative estimate of drug-likeness (QED) is 0.843. The van der Waals surface area contributed by atoms with E-state index in [1.807, 2.05) is 37.3 Å². The van der Waals surface area contributed by atoms with E-state index < -0.39 is 0 Å². The van der Waals surface area contributed by atoms with Crippen LogP contribution in [0.1, 0.15) is 20.3 Å². The maximum absolute atomic E-state index is 12.3. The highest BCUT2D eigenvalue weighted by atomic mass is 16.2. The molecule has 4 nitrogen and oxygen atoms in total. The standard InChI is InChI=1S/C15H18N2O2/c1-3-10-17-13(12-8-6-5-7-9-12)11-14(18)16(4-2)15(17)19/h5-9,11H,3-4,10H2,1-2H3. The van der Waals surface area contributed by atoms with Crippen LogP contribution in [0.15, 0.2) is 46.0 Å². The Morgan fingerprint density at radius 1 is 1.00 bits per heavy atom. The van der Waals surface area contributed by atoms with E-state index in [-0.39, 0.29) is 11.2 Å². The minimum Gasteiger partial charge on any atom is -0.293 e. The van der Waals surface area contributed by atoms with Crippen LogP contribution in [-0.2, 0) is 13.1 Å². The van der Waals surface area contributed by atoms with Gasteiger partial charge in [-0.1, -0.05) is 37.3 Å². The molecule has 4 heteroatoms. The van der Waals surface area contributed by atoms with Crippen molar-refractivity contribution in [3.63, 3.8) is 0 Å². The first kappa shape index (κ1) is 13.3. The summed E-state index contributed by atoms with van der Waals surface area (Å²) in [6.07, 6.45) is 0.849. The van der Waals surface area contributed by atoms with Crippen LogP contribution in [-0.4, -0.2) is 9.13 Å². The Labute approximate surface area is 111 Å². The highest BCUT2D eigenvalue weighted by Crippen LogP contribution is 2.16. The molecule has 0 saturated heterocycles. The number of aromatic nitrogens is 2. The zero-order valence-corrected chi connectivity index (χ0v) is 11.3. The van der Waals surface area contributed by atoms with Crippen molar-refractivity contribution in [1.82, 2.24) is 9.13 Å². The Morgan fingerprint density at radius 3 is 2.26 bits per heavy atom. The molecule has 0 spiro atoms. The van der Waals surface area contributed by atoms with Crippen LogP contribution in [0.5, 0.6) is 0 Å². The fraction of sp³-hybridized carbons (Fsp3) is 0.333. The van der Waals surface area contributed by atoms with E-state index in [1.165, 1.54) is 4.57 Å². The summed E-state index contributed by atoms with van der Waals surface area (Å²) in [5, 5.41) is 0. The number of hydrogen-bond donors (Lipinski definition) is 0. The van der Waals surface area contributed by atoms with Crippen molar-refractivity contribution in [1.29, 1.82) is 0 Å². The van der Waals surface area contributed by atoms with E-state index in [0.717, 1.165) is 12.0 Å². The van der Waals surface area contributed by atoms with Crippen LogP contribution >= 0.6 is 0 Å². The topological polar surface area (TPSA) is 44.0 Å². The molecule has 1 aromatic heterocycles. The molecule has 0 saturated carbocycles. The van der Waals surface area contributed by atoms with Crippen molar-refractivity contribution < 1.29 is 0 Å². The normalized spacial score (nSPS) is 10.6. The molecule has 0 amide bonds. The fourth-order valence-electron chi connectivity index (χ4n) is 2.19. The Balaban J connectivity index is 2.74. The molecule has 2 rings (SSSR count). The van der Waals surface area contributed by atoms with Crippen LogP contribution in [0.4, 0.5) is 0 Å². The number of nitrogens with zero attached hydrogens (tertiary/aromatic N) is 2. The Hall–Kier alpha value is -2.10. The third kappa shape index (κ3) is 2.52. The van der Waals surface area contributed by atoms with Crippen LogP contribution in [0.25, 0.3) is 11.3 Å². The second-order valence-corrected chi connectivity index (χ2v) is 4.41. The third-order valence-corrected chi connectivity index (χ3v) is 3.11. The average molecular weight is 258 g/mol. The van der Waals surface area contributed by atoms with Crippen LogP contribution < -0.4 is 11.2 Å². The summed E-state index contributed by atoms with van der Waals surface area (Å²) >= 11 is 0. The first-order chi connectivity index (χ1) is 9.19. The largest absolute Gasteiger partial charge is 0.331 e. The van der Waals surface area contributed by atoms with Gasteiger partial charge in [0.2, 0.25) is 0 Å². The number of hydrogen-bond acceptors (Lipinski definition) is 2. The third-order valence-electron chi connectivity index (χ3n) is 3.11. The van der Waals surface area contributed by atoms with Gasteiger partial charge >= 0.3 is 5.69 Å². The molecule has 1 aromatic carbocycles. The summed E-state index contributed by atoms with van der Waals surface area (Å²) < 4.78 is 2.95. The lowest BCUT2D eigenvalue weighted by atomic mass is 10.1. The van der Waals surface area contributed by atoms with Gasteiger partial charge in [-0.15, -0.1) is 0 Å². The summed E-state index contributed by atoms with van der Waals surface area (Å²) in [7, 11) is 0. The molecular formula is C15H18N2O2. The molecule has 0 fully saturated rings. The van der Waals surface area contributed by atoms with Crippen molar-refractivity contribution in [3.05, 3.63) is 57.2 Å². The van der Waals surface area contributed by atoms with Crippen molar-refractivity contribution >= 4 is 0 Å². The molecule has 0 aliphatic rings. The molecule has 0 unspecified atom stereocenters. The van der Waals surface area contributed by atoms with Crippen molar-refractivity contribution in [2.24, 2.45) is 0 Å². The van der Waals surface area contributed by atoms with Crippen LogP contribution in [0.2, 0.25) is 0 Å². The second kappa shape index (κ2) is 5.69. The molecule has 100 valence electrons. The van der Waals surface area contributed by atoms with Gasteiger partial charge in [-0.3, -0.25) is 13.9 Å². The summed E-state index contributed by atoms with van der Waals surface area (Å²) in [5.41, 5.74) is 1.13. The summed E-state index contributed by atoms with van der Waals surface area (Å²) in [6.45, 7) is 4.84. The molecular weight excluding hydrogens is 240 g/mol. The van der Waals surface area contributed by atoms with Gasteiger partial charge in [0.25, 0.3) is 5.56 Å². The first-order valence-electron chi connectivity index (χ1n) is 6.59. The smallest absolute Gasteiger partial charge is 0.293 e. The van der Waals surface area contributed by atoms with Gasteiger partial charge in [-0.05, 0) is 18.9 Å². The van der Waals surface area contributed by atoms with Crippen molar-refractivity contribution in [2.45, 2.75) is 33.4 Å². The van der Waals surface area contributed by atoms with Gasteiger partial charge < -0.3 is 0 Å². The number of benzene rings is 1. The lowest BCUT2D eigenvalue weighted by molar-refractivity contribution is 0.567. The Bertz CT molecular complexity index is 669. The Morgan fingerprint density at radius 2 is 1.68 bits per heavy atom. The minimum atomic E-state index is -0.237. The van der Waals surface area contributed by atoms with Gasteiger partial charge in [-0.2, -0.15) is 0 Å². The molecule has 0 atom stereocenters. The zero-order chi connectivity index (χ0) is 13.8. The highest BCUT2D eigenvalue weighted by molar-refractivity contribution is 5.58. The summed E-state index contributed by atoms with van der Waals surface area (Å²) in [6, 6.07) is 11.1. The fourth-order valence-corrected chi connectivity index (χ4v) is 2.19. The van der Waals surface area contributed by atoms with Gasteiger partial charge in [0.1, 0.15) is 0 Å². The van der Waals surface area contributed by atoms with E-state index >= 15 is 0 Å².